The molecule has 0 N–H and O–H groups in total. The van der Waals surface area contributed by atoms with Gasteiger partial charge < -0.3 is 9.64 Å². The lowest BCUT2D eigenvalue weighted by Gasteiger charge is -2.43. The average Bonchev–Trinajstić information content (AvgIpc) is 2.29. The van der Waals surface area contributed by atoms with Crippen LogP contribution in [-0.4, -0.2) is 25.3 Å². The van der Waals surface area contributed by atoms with Gasteiger partial charge in [0.15, 0.2) is 0 Å². The van der Waals surface area contributed by atoms with Crippen molar-refractivity contribution < 1.29 is 9.13 Å². The average molecular weight is 258 g/mol. The highest BCUT2D eigenvalue weighted by atomic mass is 35.5. The Morgan fingerprint density at radius 2 is 2.24 bits per heavy atom. The molecule has 1 saturated heterocycles. The molecule has 2 nitrogen and oxygen atoms in total. The summed E-state index contributed by atoms with van der Waals surface area (Å²) in [7, 11) is 0. The monoisotopic (exact) mass is 257 g/mol. The van der Waals surface area contributed by atoms with Gasteiger partial charge in [0.05, 0.1) is 24.4 Å². The van der Waals surface area contributed by atoms with Crippen molar-refractivity contribution >= 4 is 17.3 Å². The van der Waals surface area contributed by atoms with Crippen LogP contribution in [0.15, 0.2) is 18.2 Å². The molecule has 0 aliphatic carbocycles. The van der Waals surface area contributed by atoms with E-state index < -0.39 is 0 Å². The Balaban J connectivity index is 2.32. The topological polar surface area (TPSA) is 12.5 Å². The van der Waals surface area contributed by atoms with E-state index in [1.807, 2.05) is 6.07 Å². The maximum Gasteiger partial charge on any atom is 0.146 e. The molecule has 94 valence electrons. The van der Waals surface area contributed by atoms with E-state index in [9.17, 15) is 4.39 Å². The number of anilines is 1. The molecule has 1 aliphatic heterocycles. The van der Waals surface area contributed by atoms with Gasteiger partial charge in [-0.1, -0.05) is 6.07 Å². The Kier molecular flexibility index (Phi) is 3.59. The van der Waals surface area contributed by atoms with E-state index in [4.69, 9.17) is 16.3 Å². The predicted molar refractivity (Wildman–Crippen MR) is 68.2 cm³/mol. The lowest BCUT2D eigenvalue weighted by Crippen LogP contribution is -2.53. The van der Waals surface area contributed by atoms with Crippen LogP contribution in [0.25, 0.3) is 0 Å². The zero-order chi connectivity index (χ0) is 12.5. The number of hydrogen-bond donors (Lipinski definition) is 0. The molecule has 0 spiro atoms. The number of benzene rings is 1. The Labute approximate surface area is 106 Å². The molecule has 1 heterocycles. The number of halogens is 2. The van der Waals surface area contributed by atoms with Crippen molar-refractivity contribution in [1.29, 1.82) is 0 Å². The minimum atomic E-state index is -0.210. The Hall–Kier alpha value is -0.800. The smallest absolute Gasteiger partial charge is 0.146 e. The quantitative estimate of drug-likeness (QED) is 0.755. The van der Waals surface area contributed by atoms with Crippen LogP contribution in [0.5, 0.6) is 0 Å². The van der Waals surface area contributed by atoms with Crippen LogP contribution in [0.3, 0.4) is 0 Å². The van der Waals surface area contributed by atoms with Gasteiger partial charge in [0.25, 0.3) is 0 Å². The molecule has 0 atom stereocenters. The number of alkyl halides is 1. The molecule has 0 saturated carbocycles. The molecule has 1 aliphatic rings. The van der Waals surface area contributed by atoms with Crippen molar-refractivity contribution in [3.8, 4) is 0 Å². The number of hydrogen-bond acceptors (Lipinski definition) is 2. The molecular formula is C13H17ClFNO. The summed E-state index contributed by atoms with van der Waals surface area (Å²) in [4.78, 5) is 2.06. The van der Waals surface area contributed by atoms with Gasteiger partial charge in [0, 0.05) is 12.4 Å². The van der Waals surface area contributed by atoms with Gasteiger partial charge >= 0.3 is 0 Å². The van der Waals surface area contributed by atoms with Crippen LogP contribution in [0.4, 0.5) is 10.1 Å². The SMILES string of the molecule is CC1(C)COCCN1c1ccc(CCl)cc1F. The molecule has 1 fully saturated rings. The van der Waals surface area contributed by atoms with Crippen LogP contribution in [0.2, 0.25) is 0 Å². The first-order valence-corrected chi connectivity index (χ1v) is 6.28. The van der Waals surface area contributed by atoms with Crippen molar-refractivity contribution in [2.75, 3.05) is 24.7 Å². The number of nitrogens with zero attached hydrogens (tertiary/aromatic N) is 1. The summed E-state index contributed by atoms with van der Waals surface area (Å²) in [5.41, 5.74) is 1.26. The van der Waals surface area contributed by atoms with Gasteiger partial charge in [0.1, 0.15) is 5.82 Å². The summed E-state index contributed by atoms with van der Waals surface area (Å²) < 4.78 is 19.5. The van der Waals surface area contributed by atoms with Gasteiger partial charge in [0.2, 0.25) is 0 Å². The fraction of sp³-hybridized carbons (Fsp3) is 0.538. The van der Waals surface area contributed by atoms with Crippen LogP contribution in [-0.2, 0) is 10.6 Å². The van der Waals surface area contributed by atoms with E-state index in [0.717, 1.165) is 5.56 Å². The van der Waals surface area contributed by atoms with Gasteiger partial charge in [-0.15, -0.1) is 11.6 Å². The molecular weight excluding hydrogens is 241 g/mol. The third kappa shape index (κ3) is 2.55. The highest BCUT2D eigenvalue weighted by molar-refractivity contribution is 6.17. The third-order valence-electron chi connectivity index (χ3n) is 3.10. The molecule has 1 aromatic rings. The summed E-state index contributed by atoms with van der Waals surface area (Å²) in [5.74, 6) is 0.127. The van der Waals surface area contributed by atoms with Crippen LogP contribution < -0.4 is 4.90 Å². The van der Waals surface area contributed by atoms with Crippen molar-refractivity contribution in [3.05, 3.63) is 29.6 Å². The lowest BCUT2D eigenvalue weighted by atomic mass is 10.0. The van der Waals surface area contributed by atoms with Crippen LogP contribution >= 0.6 is 11.6 Å². The Bertz CT molecular complexity index is 408. The second kappa shape index (κ2) is 4.83. The first kappa shape index (κ1) is 12.7. The minimum absolute atomic E-state index is 0.179. The van der Waals surface area contributed by atoms with E-state index >= 15 is 0 Å². The molecule has 0 amide bonds. The van der Waals surface area contributed by atoms with Crippen molar-refractivity contribution in [2.45, 2.75) is 25.3 Å². The standard InChI is InChI=1S/C13H17ClFNO/c1-13(2)9-17-6-5-16(13)12-4-3-10(8-14)7-11(12)15/h3-4,7H,5-6,8-9H2,1-2H3. The molecule has 0 unspecified atom stereocenters. The fourth-order valence-corrected chi connectivity index (χ4v) is 2.32. The molecule has 0 bridgehead atoms. The van der Waals surface area contributed by atoms with Gasteiger partial charge in [-0.3, -0.25) is 0 Å². The second-order valence-electron chi connectivity index (χ2n) is 4.94. The number of morpholine rings is 1. The zero-order valence-electron chi connectivity index (χ0n) is 10.2. The molecule has 1 aromatic carbocycles. The van der Waals surface area contributed by atoms with E-state index in [0.29, 0.717) is 31.3 Å². The first-order valence-electron chi connectivity index (χ1n) is 5.74. The summed E-state index contributed by atoms with van der Waals surface area (Å²) in [6.07, 6.45) is 0. The molecule has 2 rings (SSSR count). The number of rotatable bonds is 2. The van der Waals surface area contributed by atoms with Crippen LogP contribution in [0.1, 0.15) is 19.4 Å². The van der Waals surface area contributed by atoms with Crippen molar-refractivity contribution in [1.82, 2.24) is 0 Å². The Morgan fingerprint density at radius 3 is 2.82 bits per heavy atom. The van der Waals surface area contributed by atoms with Gasteiger partial charge in [-0.05, 0) is 31.5 Å². The molecule has 0 radical (unpaired) electrons. The maximum atomic E-state index is 14.0. The van der Waals surface area contributed by atoms with E-state index in [1.54, 1.807) is 6.07 Å². The lowest BCUT2D eigenvalue weighted by molar-refractivity contribution is 0.0640. The zero-order valence-corrected chi connectivity index (χ0v) is 10.9. The molecule has 4 heteroatoms. The fourth-order valence-electron chi connectivity index (χ4n) is 2.16. The molecule has 17 heavy (non-hydrogen) atoms. The van der Waals surface area contributed by atoms with Crippen molar-refractivity contribution in [3.63, 3.8) is 0 Å². The van der Waals surface area contributed by atoms with Crippen LogP contribution in [0, 0.1) is 5.82 Å². The Morgan fingerprint density at radius 1 is 1.47 bits per heavy atom. The number of ether oxygens (including phenoxy) is 1. The van der Waals surface area contributed by atoms with Gasteiger partial charge in [-0.25, -0.2) is 4.39 Å². The van der Waals surface area contributed by atoms with E-state index in [2.05, 4.69) is 18.7 Å². The minimum Gasteiger partial charge on any atom is -0.377 e. The largest absolute Gasteiger partial charge is 0.377 e. The first-order chi connectivity index (χ1) is 8.04. The normalized spacial score (nSPS) is 19.4. The van der Waals surface area contributed by atoms with E-state index in [-0.39, 0.29) is 11.4 Å². The summed E-state index contributed by atoms with van der Waals surface area (Å²) in [5, 5.41) is 0. The van der Waals surface area contributed by atoms with E-state index in [1.165, 1.54) is 6.07 Å². The summed E-state index contributed by atoms with van der Waals surface area (Å²) >= 11 is 5.69. The predicted octanol–water partition coefficient (Wildman–Crippen LogP) is 3.18. The maximum absolute atomic E-state index is 14.0. The third-order valence-corrected chi connectivity index (χ3v) is 3.41. The van der Waals surface area contributed by atoms with Crippen molar-refractivity contribution in [2.24, 2.45) is 0 Å². The highest BCUT2D eigenvalue weighted by Crippen LogP contribution is 2.29. The van der Waals surface area contributed by atoms with Gasteiger partial charge in [-0.2, -0.15) is 0 Å². The molecule has 0 aromatic heterocycles. The summed E-state index contributed by atoms with van der Waals surface area (Å²) in [6, 6.07) is 5.19. The summed E-state index contributed by atoms with van der Waals surface area (Å²) in [6.45, 7) is 6.08. The highest BCUT2D eigenvalue weighted by Gasteiger charge is 2.32. The second-order valence-corrected chi connectivity index (χ2v) is 5.20.